The van der Waals surface area contributed by atoms with Crippen LogP contribution >= 0.6 is 11.6 Å². The topological polar surface area (TPSA) is 26.3 Å². The molecular formula is C20H23ClO2. The monoisotopic (exact) mass is 330 g/mol. The largest absolute Gasteiger partial charge is 0.426 e. The van der Waals surface area contributed by atoms with Crippen molar-refractivity contribution >= 4 is 17.6 Å². The summed E-state index contributed by atoms with van der Waals surface area (Å²) in [4.78, 5) is 12.0. The SMILES string of the molecule is Cc1cc(OC(=O)CCc2ccc(C(C)C)cc2)cc(C)c1Cl. The van der Waals surface area contributed by atoms with Gasteiger partial charge >= 0.3 is 5.97 Å². The van der Waals surface area contributed by atoms with E-state index in [1.807, 2.05) is 13.8 Å². The Hall–Kier alpha value is -1.80. The van der Waals surface area contributed by atoms with Crippen molar-refractivity contribution < 1.29 is 9.53 Å². The Morgan fingerprint density at radius 1 is 1.09 bits per heavy atom. The average molecular weight is 331 g/mol. The highest BCUT2D eigenvalue weighted by atomic mass is 35.5. The lowest BCUT2D eigenvalue weighted by atomic mass is 10.0. The highest BCUT2D eigenvalue weighted by Gasteiger charge is 2.09. The Morgan fingerprint density at radius 2 is 1.65 bits per heavy atom. The molecule has 0 bridgehead atoms. The molecule has 0 fully saturated rings. The Balaban J connectivity index is 1.92. The van der Waals surface area contributed by atoms with Crippen LogP contribution in [0, 0.1) is 13.8 Å². The Labute approximate surface area is 143 Å². The number of carbonyl (C=O) groups is 1. The van der Waals surface area contributed by atoms with E-state index in [0.29, 0.717) is 24.5 Å². The zero-order chi connectivity index (χ0) is 17.0. The van der Waals surface area contributed by atoms with E-state index in [1.165, 1.54) is 5.56 Å². The van der Waals surface area contributed by atoms with Crippen LogP contribution in [0.25, 0.3) is 0 Å². The summed E-state index contributed by atoms with van der Waals surface area (Å²) in [5.41, 5.74) is 4.29. The van der Waals surface area contributed by atoms with Crippen molar-refractivity contribution in [1.29, 1.82) is 0 Å². The van der Waals surface area contributed by atoms with E-state index in [9.17, 15) is 4.79 Å². The van der Waals surface area contributed by atoms with E-state index < -0.39 is 0 Å². The summed E-state index contributed by atoms with van der Waals surface area (Å²) in [6, 6.07) is 12.0. The molecule has 0 aliphatic rings. The lowest BCUT2D eigenvalue weighted by Gasteiger charge is -2.09. The molecule has 0 N–H and O–H groups in total. The van der Waals surface area contributed by atoms with Gasteiger partial charge in [0.25, 0.3) is 0 Å². The number of halogens is 1. The highest BCUT2D eigenvalue weighted by molar-refractivity contribution is 6.32. The number of benzene rings is 2. The predicted molar refractivity (Wildman–Crippen MR) is 95.4 cm³/mol. The van der Waals surface area contributed by atoms with Gasteiger partial charge in [0.15, 0.2) is 0 Å². The van der Waals surface area contributed by atoms with E-state index in [-0.39, 0.29) is 5.97 Å². The molecule has 2 nitrogen and oxygen atoms in total. The molecule has 0 aliphatic heterocycles. The zero-order valence-corrected chi connectivity index (χ0v) is 14.9. The summed E-state index contributed by atoms with van der Waals surface area (Å²) in [6.45, 7) is 8.15. The van der Waals surface area contributed by atoms with Crippen LogP contribution in [0.15, 0.2) is 36.4 Å². The average Bonchev–Trinajstić information content (AvgIpc) is 2.51. The summed E-state index contributed by atoms with van der Waals surface area (Å²) in [5.74, 6) is 0.856. The molecule has 0 saturated heterocycles. The lowest BCUT2D eigenvalue weighted by Crippen LogP contribution is -2.09. The Kier molecular flexibility index (Phi) is 5.84. The molecule has 0 heterocycles. The number of hydrogen-bond donors (Lipinski definition) is 0. The van der Waals surface area contributed by atoms with E-state index in [2.05, 4.69) is 38.1 Å². The summed E-state index contributed by atoms with van der Waals surface area (Å²) in [7, 11) is 0. The predicted octanol–water partition coefficient (Wildman–Crippen LogP) is 5.62. The van der Waals surface area contributed by atoms with Gasteiger partial charge in [0.05, 0.1) is 0 Å². The number of esters is 1. The van der Waals surface area contributed by atoms with Gasteiger partial charge < -0.3 is 4.74 Å². The van der Waals surface area contributed by atoms with Crippen LogP contribution in [0.2, 0.25) is 5.02 Å². The Morgan fingerprint density at radius 3 is 2.17 bits per heavy atom. The lowest BCUT2D eigenvalue weighted by molar-refractivity contribution is -0.134. The molecular weight excluding hydrogens is 308 g/mol. The van der Waals surface area contributed by atoms with Crippen LogP contribution in [-0.4, -0.2) is 5.97 Å². The number of ether oxygens (including phenoxy) is 1. The number of carbonyl (C=O) groups excluding carboxylic acids is 1. The van der Waals surface area contributed by atoms with Crippen molar-refractivity contribution in [2.45, 2.75) is 46.5 Å². The van der Waals surface area contributed by atoms with E-state index >= 15 is 0 Å². The summed E-state index contributed by atoms with van der Waals surface area (Å²) >= 11 is 6.12. The first-order valence-electron chi connectivity index (χ1n) is 7.93. The molecule has 2 rings (SSSR count). The molecule has 0 amide bonds. The van der Waals surface area contributed by atoms with Crippen LogP contribution in [0.3, 0.4) is 0 Å². The minimum absolute atomic E-state index is 0.223. The van der Waals surface area contributed by atoms with E-state index in [1.54, 1.807) is 12.1 Å². The molecule has 3 heteroatoms. The van der Waals surface area contributed by atoms with Crippen LogP contribution in [0.4, 0.5) is 0 Å². The molecule has 0 unspecified atom stereocenters. The van der Waals surface area contributed by atoms with Gasteiger partial charge in [0, 0.05) is 11.4 Å². The fourth-order valence-electron chi connectivity index (χ4n) is 2.46. The van der Waals surface area contributed by atoms with Crippen LogP contribution in [0.1, 0.15) is 48.4 Å². The van der Waals surface area contributed by atoms with Crippen molar-refractivity contribution in [2.24, 2.45) is 0 Å². The van der Waals surface area contributed by atoms with Crippen molar-refractivity contribution in [3.63, 3.8) is 0 Å². The van der Waals surface area contributed by atoms with Gasteiger partial charge in [-0.2, -0.15) is 0 Å². The van der Waals surface area contributed by atoms with Crippen molar-refractivity contribution in [1.82, 2.24) is 0 Å². The van der Waals surface area contributed by atoms with Gasteiger partial charge in [-0.15, -0.1) is 0 Å². The molecule has 0 spiro atoms. The smallest absolute Gasteiger partial charge is 0.311 e. The van der Waals surface area contributed by atoms with Crippen LogP contribution in [-0.2, 0) is 11.2 Å². The second kappa shape index (κ2) is 7.65. The second-order valence-electron chi connectivity index (χ2n) is 6.24. The van der Waals surface area contributed by atoms with Gasteiger partial charge in [-0.3, -0.25) is 4.79 Å². The number of aryl methyl sites for hydroxylation is 3. The first-order valence-corrected chi connectivity index (χ1v) is 8.31. The molecule has 2 aromatic carbocycles. The maximum Gasteiger partial charge on any atom is 0.311 e. The van der Waals surface area contributed by atoms with Gasteiger partial charge in [-0.1, -0.05) is 49.7 Å². The highest BCUT2D eigenvalue weighted by Crippen LogP contribution is 2.26. The minimum atomic E-state index is -0.223. The van der Waals surface area contributed by atoms with E-state index in [4.69, 9.17) is 16.3 Å². The fourth-order valence-corrected chi connectivity index (χ4v) is 2.57. The van der Waals surface area contributed by atoms with Crippen molar-refractivity contribution in [3.05, 3.63) is 63.7 Å². The quantitative estimate of drug-likeness (QED) is 0.525. The van der Waals surface area contributed by atoms with Crippen molar-refractivity contribution in [2.75, 3.05) is 0 Å². The minimum Gasteiger partial charge on any atom is -0.426 e. The van der Waals surface area contributed by atoms with Gasteiger partial charge in [-0.25, -0.2) is 0 Å². The summed E-state index contributed by atoms with van der Waals surface area (Å²) < 4.78 is 5.42. The molecule has 23 heavy (non-hydrogen) atoms. The normalized spacial score (nSPS) is 10.9. The molecule has 0 atom stereocenters. The molecule has 2 aromatic rings. The zero-order valence-electron chi connectivity index (χ0n) is 14.2. The van der Waals surface area contributed by atoms with Gasteiger partial charge in [0.1, 0.15) is 5.75 Å². The maximum absolute atomic E-state index is 12.0. The summed E-state index contributed by atoms with van der Waals surface area (Å²) in [6.07, 6.45) is 1.05. The second-order valence-corrected chi connectivity index (χ2v) is 6.62. The van der Waals surface area contributed by atoms with Crippen LogP contribution < -0.4 is 4.74 Å². The third-order valence-corrected chi connectivity index (χ3v) is 4.50. The fraction of sp³-hybridized carbons (Fsp3) is 0.350. The molecule has 0 aromatic heterocycles. The maximum atomic E-state index is 12.0. The van der Waals surface area contributed by atoms with Gasteiger partial charge in [-0.05, 0) is 60.6 Å². The number of hydrogen-bond acceptors (Lipinski definition) is 2. The Bertz CT molecular complexity index is 664. The third kappa shape index (κ3) is 4.84. The first kappa shape index (κ1) is 17.6. The third-order valence-electron chi connectivity index (χ3n) is 3.91. The van der Waals surface area contributed by atoms with Crippen LogP contribution in [0.5, 0.6) is 5.75 Å². The van der Waals surface area contributed by atoms with Gasteiger partial charge in [0.2, 0.25) is 0 Å². The molecule has 0 radical (unpaired) electrons. The summed E-state index contributed by atoms with van der Waals surface area (Å²) in [5, 5.41) is 0.718. The van der Waals surface area contributed by atoms with E-state index in [0.717, 1.165) is 21.7 Å². The number of rotatable bonds is 5. The molecule has 122 valence electrons. The molecule has 0 aliphatic carbocycles. The standard InChI is InChI=1S/C20H23ClO2/c1-13(2)17-8-5-16(6-9-17)7-10-19(22)23-18-11-14(3)20(21)15(4)12-18/h5-6,8-9,11-13H,7,10H2,1-4H3. The first-order chi connectivity index (χ1) is 10.9. The van der Waals surface area contributed by atoms with Crippen molar-refractivity contribution in [3.8, 4) is 5.75 Å². The molecule has 0 saturated carbocycles.